The molecule has 1 amide bonds. The first kappa shape index (κ1) is 25.9. The number of aliphatic hydroxyl groups excluding tert-OH is 1. The van der Waals surface area contributed by atoms with Gasteiger partial charge in [-0.2, -0.15) is 0 Å². The summed E-state index contributed by atoms with van der Waals surface area (Å²) in [6, 6.07) is 6.00. The lowest BCUT2D eigenvalue weighted by molar-refractivity contribution is -0.131. The number of hydrogen-bond donors (Lipinski definition) is 3. The lowest BCUT2D eigenvalue weighted by Crippen LogP contribution is -2.50. The number of nitrogens with one attached hydrogen (secondary N) is 2. The maximum atomic E-state index is 13.7. The van der Waals surface area contributed by atoms with E-state index >= 15 is 0 Å². The average molecular weight is 494 g/mol. The van der Waals surface area contributed by atoms with Crippen LogP contribution in [0, 0.1) is 11.3 Å². The van der Waals surface area contributed by atoms with Crippen molar-refractivity contribution in [2.24, 2.45) is 16.1 Å². The van der Waals surface area contributed by atoms with Crippen molar-refractivity contribution in [2.75, 3.05) is 29.4 Å². The van der Waals surface area contributed by atoms with Crippen LogP contribution in [-0.2, 0) is 9.32 Å². The number of fused-ring (bicyclic) bond motifs is 1. The van der Waals surface area contributed by atoms with E-state index in [-0.39, 0.29) is 28.6 Å². The Kier molecular flexibility index (Phi) is 7.72. The van der Waals surface area contributed by atoms with Gasteiger partial charge >= 0.3 is 0 Å². The number of hydrogen-bond acceptors (Lipinski definition) is 7. The maximum absolute atomic E-state index is 13.7. The van der Waals surface area contributed by atoms with Crippen molar-refractivity contribution < 1.29 is 14.4 Å². The molecule has 0 aromatic heterocycles. The topological polar surface area (TPSA) is 86.2 Å². The van der Waals surface area contributed by atoms with Gasteiger partial charge in [-0.15, -0.1) is 0 Å². The zero-order valence-electron chi connectivity index (χ0n) is 21.0. The van der Waals surface area contributed by atoms with Crippen molar-refractivity contribution in [1.82, 2.24) is 4.90 Å². The summed E-state index contributed by atoms with van der Waals surface area (Å²) in [4.78, 5) is 15.5. The van der Waals surface area contributed by atoms with E-state index < -0.39 is 13.8 Å². The number of rotatable bonds is 8. The Hall–Kier alpha value is -1.76. The highest BCUT2D eigenvalue weighted by atomic mass is 32.2. The summed E-state index contributed by atoms with van der Waals surface area (Å²) in [5, 5.41) is 15.7. The van der Waals surface area contributed by atoms with Gasteiger partial charge in [0.15, 0.2) is 11.1 Å². The van der Waals surface area contributed by atoms with Crippen molar-refractivity contribution in [3.05, 3.63) is 29.5 Å². The fourth-order valence-electron chi connectivity index (χ4n) is 4.10. The molecule has 9 heteroatoms. The highest BCUT2D eigenvalue weighted by molar-refractivity contribution is 7.99. The van der Waals surface area contributed by atoms with Crippen molar-refractivity contribution in [3.8, 4) is 0 Å². The predicted octanol–water partition coefficient (Wildman–Crippen LogP) is 5.41. The van der Waals surface area contributed by atoms with Gasteiger partial charge in [0.2, 0.25) is 0 Å². The molecular weight excluding hydrogens is 455 g/mol. The molecule has 33 heavy (non-hydrogen) atoms. The molecule has 2 unspecified atom stereocenters. The standard InChI is InChI=1S/C24H37N4O3PS/c1-9-31-32-18-14-16(27-33-8)10-11-17(18)25-21(26-32)19-20(29)24(7,15(2)3)28(22(19)30)13-12-23(4,5)6/h10-11,14-15,27,29H,9,12-13H2,1-8H3,(H,25,26)/p+1. The molecule has 0 bridgehead atoms. The largest absolute Gasteiger partial charge is 0.509 e. The zero-order chi connectivity index (χ0) is 24.6. The molecule has 1 aromatic carbocycles. The Morgan fingerprint density at radius 1 is 1.36 bits per heavy atom. The second-order valence-electron chi connectivity index (χ2n) is 10.2. The van der Waals surface area contributed by atoms with Crippen LogP contribution in [-0.4, -0.2) is 46.7 Å². The fourth-order valence-corrected chi connectivity index (χ4v) is 6.10. The average Bonchev–Trinajstić information content (AvgIpc) is 2.92. The Morgan fingerprint density at radius 3 is 2.64 bits per heavy atom. The van der Waals surface area contributed by atoms with Gasteiger partial charge in [-0.25, -0.2) is 4.52 Å². The molecule has 0 saturated carbocycles. The van der Waals surface area contributed by atoms with Crippen molar-refractivity contribution in [1.29, 1.82) is 0 Å². The van der Waals surface area contributed by atoms with E-state index in [1.807, 2.05) is 57.0 Å². The van der Waals surface area contributed by atoms with Gasteiger partial charge in [0.1, 0.15) is 16.9 Å². The number of anilines is 2. The van der Waals surface area contributed by atoms with Crippen LogP contribution in [0.15, 0.2) is 34.3 Å². The van der Waals surface area contributed by atoms with Crippen molar-refractivity contribution >= 4 is 48.7 Å². The van der Waals surface area contributed by atoms with E-state index in [2.05, 4.69) is 30.8 Å². The minimum atomic E-state index is -1.78. The lowest BCUT2D eigenvalue weighted by atomic mass is 9.84. The summed E-state index contributed by atoms with van der Waals surface area (Å²) in [6.07, 6.45) is 2.81. The van der Waals surface area contributed by atoms with Crippen LogP contribution in [0.4, 0.5) is 11.4 Å². The van der Waals surface area contributed by atoms with Crippen molar-refractivity contribution in [2.45, 2.75) is 60.4 Å². The van der Waals surface area contributed by atoms with Crippen LogP contribution in [0.5, 0.6) is 0 Å². The smallest absolute Gasteiger partial charge is 0.287 e. The molecule has 2 aliphatic heterocycles. The van der Waals surface area contributed by atoms with Crippen LogP contribution in [0.1, 0.15) is 54.9 Å². The molecule has 0 spiro atoms. The third kappa shape index (κ3) is 5.03. The normalized spacial score (nSPS) is 23.1. The van der Waals surface area contributed by atoms with E-state index in [0.717, 1.165) is 23.1 Å². The molecule has 182 valence electrons. The SMILES string of the molecule is CCO[PH+]1N=C(C2=C(O)C(C)(C(C)C)N(CCC(C)(C)C)C2=O)Nc2ccc(NSC)cc21. The zero-order valence-corrected chi connectivity index (χ0v) is 22.8. The molecule has 0 radical (unpaired) electrons. The predicted molar refractivity (Wildman–Crippen MR) is 143 cm³/mol. The Bertz CT molecular complexity index is 973. The Labute approximate surface area is 203 Å². The van der Waals surface area contributed by atoms with Crippen LogP contribution in [0.2, 0.25) is 0 Å². The quantitative estimate of drug-likeness (QED) is 0.332. The van der Waals surface area contributed by atoms with Crippen LogP contribution < -0.4 is 15.3 Å². The third-order valence-corrected chi connectivity index (χ3v) is 8.70. The second-order valence-corrected chi connectivity index (χ2v) is 12.5. The monoisotopic (exact) mass is 493 g/mol. The molecule has 7 nitrogen and oxygen atoms in total. The Balaban J connectivity index is 2.03. The van der Waals surface area contributed by atoms with Crippen LogP contribution in [0.25, 0.3) is 0 Å². The maximum Gasteiger partial charge on any atom is 0.287 e. The molecule has 1 aromatic rings. The Morgan fingerprint density at radius 2 is 2.06 bits per heavy atom. The molecule has 2 aliphatic rings. The summed E-state index contributed by atoms with van der Waals surface area (Å²) in [7, 11) is -1.78. The van der Waals surface area contributed by atoms with Gasteiger partial charge in [-0.05, 0) is 43.7 Å². The van der Waals surface area contributed by atoms with E-state index in [1.54, 1.807) is 0 Å². The van der Waals surface area contributed by atoms with Crippen molar-refractivity contribution in [3.63, 3.8) is 0 Å². The molecule has 0 saturated heterocycles. The number of nitrogens with zero attached hydrogens (tertiary/aromatic N) is 2. The molecule has 0 fully saturated rings. The molecule has 3 N–H and O–H groups in total. The van der Waals surface area contributed by atoms with Crippen LogP contribution >= 0.6 is 20.2 Å². The number of amidine groups is 1. The minimum Gasteiger partial charge on any atom is -0.509 e. The van der Waals surface area contributed by atoms with Gasteiger partial charge < -0.3 is 20.0 Å². The summed E-state index contributed by atoms with van der Waals surface area (Å²) in [5.74, 6) is 0.348. The molecular formula is C24H38N4O3PS+. The van der Waals surface area contributed by atoms with Crippen LogP contribution in [0.3, 0.4) is 0 Å². The highest BCUT2D eigenvalue weighted by Crippen LogP contribution is 2.47. The number of aliphatic hydroxyl groups is 1. The first-order chi connectivity index (χ1) is 15.4. The number of benzene rings is 1. The number of amides is 1. The van der Waals surface area contributed by atoms with E-state index in [4.69, 9.17) is 9.29 Å². The van der Waals surface area contributed by atoms with Gasteiger partial charge in [0.05, 0.1) is 12.3 Å². The van der Waals surface area contributed by atoms with E-state index in [0.29, 0.717) is 19.0 Å². The second kappa shape index (κ2) is 9.85. The summed E-state index contributed by atoms with van der Waals surface area (Å²) >= 11 is 1.52. The van der Waals surface area contributed by atoms with Gasteiger partial charge in [-0.3, -0.25) is 4.79 Å². The fraction of sp³-hybridized carbons (Fsp3) is 0.583. The summed E-state index contributed by atoms with van der Waals surface area (Å²) < 4.78 is 14.1. The first-order valence-electron chi connectivity index (χ1n) is 11.5. The van der Waals surface area contributed by atoms with E-state index in [9.17, 15) is 9.90 Å². The third-order valence-electron chi connectivity index (χ3n) is 6.40. The van der Waals surface area contributed by atoms with Gasteiger partial charge in [-0.1, -0.05) is 51.3 Å². The minimum absolute atomic E-state index is 0.0345. The van der Waals surface area contributed by atoms with E-state index in [1.165, 1.54) is 11.9 Å². The van der Waals surface area contributed by atoms with Gasteiger partial charge in [0.25, 0.3) is 14.2 Å². The highest BCUT2D eigenvalue weighted by Gasteiger charge is 2.53. The molecule has 0 aliphatic carbocycles. The van der Waals surface area contributed by atoms with Gasteiger partial charge in [0, 0.05) is 24.6 Å². The molecule has 2 atom stereocenters. The summed E-state index contributed by atoms with van der Waals surface area (Å²) in [5.41, 5.74) is 1.39. The first-order valence-corrected chi connectivity index (χ1v) is 14.1. The number of carbonyl (C=O) groups excluding carboxylic acids is 1. The summed E-state index contributed by atoms with van der Waals surface area (Å²) in [6.45, 7) is 15.5. The number of carbonyl (C=O) groups is 1. The molecule has 3 rings (SSSR count). The molecule has 2 heterocycles. The lowest BCUT2D eigenvalue weighted by Gasteiger charge is -2.40.